The monoisotopic (exact) mass is 235 g/mol. The van der Waals surface area contributed by atoms with Crippen LogP contribution in [0.3, 0.4) is 0 Å². The minimum absolute atomic E-state index is 0.00667. The third kappa shape index (κ3) is 1.85. The normalized spacial score (nSPS) is 10.3. The molecule has 12 heavy (non-hydrogen) atoms. The summed E-state index contributed by atoms with van der Waals surface area (Å²) in [5.41, 5.74) is -0.395. The molecule has 0 aliphatic heterocycles. The average molecular weight is 236 g/mol. The highest BCUT2D eigenvalue weighted by Crippen LogP contribution is 2.20. The molecule has 1 aromatic heterocycles. The summed E-state index contributed by atoms with van der Waals surface area (Å²) < 4.78 is 24.5. The molecule has 0 fully saturated rings. The van der Waals surface area contributed by atoms with Crippen molar-refractivity contribution >= 4 is 22.2 Å². The van der Waals surface area contributed by atoms with Gasteiger partial charge < -0.3 is 0 Å². The molecule has 0 radical (unpaired) electrons. The number of hydrogen-bond donors (Lipinski definition) is 0. The topological polar surface area (TPSA) is 30.0 Å². The minimum Gasteiger partial charge on any atom is -0.296 e. The van der Waals surface area contributed by atoms with E-state index in [0.29, 0.717) is 10.8 Å². The Morgan fingerprint density at radius 1 is 1.50 bits per heavy atom. The first-order chi connectivity index (χ1) is 5.65. The molecule has 0 aliphatic rings. The Morgan fingerprint density at radius 2 is 2.17 bits per heavy atom. The van der Waals surface area contributed by atoms with Crippen molar-refractivity contribution in [2.24, 2.45) is 0 Å². The van der Waals surface area contributed by atoms with Crippen LogP contribution in [0, 0.1) is 0 Å². The largest absolute Gasteiger partial charge is 0.296 e. The van der Waals surface area contributed by atoms with Gasteiger partial charge in [-0.2, -0.15) is 0 Å². The second-order valence-electron chi connectivity index (χ2n) is 2.02. The van der Waals surface area contributed by atoms with E-state index in [9.17, 15) is 13.6 Å². The fourth-order valence-corrected chi connectivity index (χ4v) is 0.992. The number of nitrogens with zero attached hydrogens (tertiary/aromatic N) is 1. The van der Waals surface area contributed by atoms with E-state index in [2.05, 4.69) is 20.9 Å². The van der Waals surface area contributed by atoms with Gasteiger partial charge in [-0.15, -0.1) is 0 Å². The van der Waals surface area contributed by atoms with Crippen molar-refractivity contribution in [3.8, 4) is 0 Å². The maximum Gasteiger partial charge on any atom is 0.280 e. The predicted octanol–water partition coefficient (Wildman–Crippen LogP) is 2.59. The van der Waals surface area contributed by atoms with Crippen molar-refractivity contribution < 1.29 is 13.6 Å². The van der Waals surface area contributed by atoms with Crippen LogP contribution >= 0.6 is 15.9 Å². The zero-order valence-electron chi connectivity index (χ0n) is 5.80. The van der Waals surface area contributed by atoms with Gasteiger partial charge in [0.05, 0.1) is 0 Å². The molecular weight excluding hydrogens is 232 g/mol. The van der Waals surface area contributed by atoms with E-state index in [0.717, 1.165) is 0 Å². The van der Waals surface area contributed by atoms with Gasteiger partial charge in [-0.1, -0.05) is 0 Å². The second-order valence-corrected chi connectivity index (χ2v) is 2.88. The first kappa shape index (κ1) is 9.25. The van der Waals surface area contributed by atoms with Gasteiger partial charge in [0, 0.05) is 4.47 Å². The lowest BCUT2D eigenvalue weighted by atomic mass is 10.3. The third-order valence-electron chi connectivity index (χ3n) is 1.23. The molecule has 0 N–H and O–H groups in total. The summed E-state index contributed by atoms with van der Waals surface area (Å²) in [5.74, 6) is 0. The van der Waals surface area contributed by atoms with E-state index >= 15 is 0 Å². The number of rotatable bonds is 2. The van der Waals surface area contributed by atoms with Crippen molar-refractivity contribution in [1.82, 2.24) is 4.98 Å². The molecule has 0 amide bonds. The summed E-state index contributed by atoms with van der Waals surface area (Å²) in [6.07, 6.45) is -2.22. The number of carbonyl (C=O) groups is 1. The fourth-order valence-electron chi connectivity index (χ4n) is 0.678. The number of halogens is 3. The van der Waals surface area contributed by atoms with Crippen LogP contribution in [-0.4, -0.2) is 11.3 Å². The quantitative estimate of drug-likeness (QED) is 0.738. The number of carbonyl (C=O) groups excluding carboxylic acids is 1. The first-order valence-corrected chi connectivity index (χ1v) is 3.84. The van der Waals surface area contributed by atoms with Crippen LogP contribution < -0.4 is 0 Å². The third-order valence-corrected chi connectivity index (χ3v) is 1.90. The minimum atomic E-state index is -2.64. The highest BCUT2D eigenvalue weighted by atomic mass is 79.9. The van der Waals surface area contributed by atoms with Crippen molar-refractivity contribution in [3.63, 3.8) is 0 Å². The zero-order chi connectivity index (χ0) is 9.14. The highest BCUT2D eigenvalue weighted by Gasteiger charge is 2.10. The lowest BCUT2D eigenvalue weighted by Crippen LogP contribution is -1.95. The molecule has 1 heterocycles. The van der Waals surface area contributed by atoms with Gasteiger partial charge in [-0.05, 0) is 28.1 Å². The van der Waals surface area contributed by atoms with Crippen LogP contribution in [0.1, 0.15) is 22.6 Å². The predicted molar refractivity (Wildman–Crippen MR) is 42.3 cm³/mol. The van der Waals surface area contributed by atoms with E-state index in [1.165, 1.54) is 12.1 Å². The molecule has 1 aromatic rings. The maximum atomic E-state index is 12.0. The molecule has 0 spiro atoms. The summed E-state index contributed by atoms with van der Waals surface area (Å²) in [6.45, 7) is 0. The fraction of sp³-hybridized carbons (Fsp3) is 0.143. The van der Waals surface area contributed by atoms with Gasteiger partial charge in [0.25, 0.3) is 6.43 Å². The van der Waals surface area contributed by atoms with E-state index in [4.69, 9.17) is 0 Å². The molecule has 0 saturated heterocycles. The van der Waals surface area contributed by atoms with E-state index in [-0.39, 0.29) is 11.4 Å². The van der Waals surface area contributed by atoms with Crippen LogP contribution in [0.15, 0.2) is 16.6 Å². The molecule has 0 saturated carbocycles. The molecule has 0 bridgehead atoms. The lowest BCUT2D eigenvalue weighted by Gasteiger charge is -2.00. The SMILES string of the molecule is O=Cc1nc(C(F)F)ccc1Br. The summed E-state index contributed by atoms with van der Waals surface area (Å²) >= 11 is 3.00. The van der Waals surface area contributed by atoms with Gasteiger partial charge >= 0.3 is 0 Å². The number of alkyl halides is 2. The molecule has 0 aromatic carbocycles. The van der Waals surface area contributed by atoms with E-state index in [1.807, 2.05) is 0 Å². The Balaban J connectivity index is 3.13. The Morgan fingerprint density at radius 3 is 2.67 bits per heavy atom. The Bertz CT molecular complexity index is 303. The molecule has 2 nitrogen and oxygen atoms in total. The zero-order valence-corrected chi connectivity index (χ0v) is 7.38. The molecule has 64 valence electrons. The standard InChI is InChI=1S/C7H4BrF2NO/c8-4-1-2-5(7(9)10)11-6(4)3-12/h1-3,7H. The Hall–Kier alpha value is -0.840. The molecule has 1 rings (SSSR count). The first-order valence-electron chi connectivity index (χ1n) is 3.05. The second kappa shape index (κ2) is 3.71. The summed E-state index contributed by atoms with van der Waals surface area (Å²) in [6, 6.07) is 2.54. The summed E-state index contributed by atoms with van der Waals surface area (Å²) in [5, 5.41) is 0. The van der Waals surface area contributed by atoms with E-state index in [1.54, 1.807) is 0 Å². The smallest absolute Gasteiger partial charge is 0.280 e. The van der Waals surface area contributed by atoms with Crippen LogP contribution in [-0.2, 0) is 0 Å². The summed E-state index contributed by atoms with van der Waals surface area (Å²) in [4.78, 5) is 13.7. The van der Waals surface area contributed by atoms with Crippen molar-refractivity contribution in [2.75, 3.05) is 0 Å². The van der Waals surface area contributed by atoms with Crippen LogP contribution in [0.2, 0.25) is 0 Å². The lowest BCUT2D eigenvalue weighted by molar-refractivity contribution is 0.111. The number of aromatic nitrogens is 1. The van der Waals surface area contributed by atoms with Crippen molar-refractivity contribution in [3.05, 3.63) is 28.0 Å². The maximum absolute atomic E-state index is 12.0. The average Bonchev–Trinajstić information content (AvgIpc) is 2.05. The van der Waals surface area contributed by atoms with Crippen LogP contribution in [0.25, 0.3) is 0 Å². The molecule has 5 heteroatoms. The number of pyridine rings is 1. The van der Waals surface area contributed by atoms with Gasteiger partial charge in [-0.25, -0.2) is 13.8 Å². The number of hydrogen-bond acceptors (Lipinski definition) is 2. The highest BCUT2D eigenvalue weighted by molar-refractivity contribution is 9.10. The van der Waals surface area contributed by atoms with Gasteiger partial charge in [0.2, 0.25) is 0 Å². The van der Waals surface area contributed by atoms with Gasteiger partial charge in [0.1, 0.15) is 11.4 Å². The van der Waals surface area contributed by atoms with Gasteiger partial charge in [-0.3, -0.25) is 4.79 Å². The molecule has 0 atom stereocenters. The molecular formula is C7H4BrF2NO. The van der Waals surface area contributed by atoms with E-state index < -0.39 is 6.43 Å². The molecule has 0 unspecified atom stereocenters. The van der Waals surface area contributed by atoms with Crippen LogP contribution in [0.5, 0.6) is 0 Å². The summed E-state index contributed by atoms with van der Waals surface area (Å²) in [7, 11) is 0. The Labute approximate surface area is 75.7 Å². The van der Waals surface area contributed by atoms with Crippen molar-refractivity contribution in [1.29, 1.82) is 0 Å². The van der Waals surface area contributed by atoms with Crippen LogP contribution in [0.4, 0.5) is 8.78 Å². The number of aldehydes is 1. The van der Waals surface area contributed by atoms with Crippen molar-refractivity contribution in [2.45, 2.75) is 6.43 Å². The van der Waals surface area contributed by atoms with Gasteiger partial charge in [0.15, 0.2) is 6.29 Å². The molecule has 0 aliphatic carbocycles. The Kier molecular flexibility index (Phi) is 2.86.